The number of carbonyl (C=O) groups is 1. The van der Waals surface area contributed by atoms with Crippen molar-refractivity contribution in [3.05, 3.63) is 24.3 Å². The van der Waals surface area contributed by atoms with Crippen molar-refractivity contribution in [1.82, 2.24) is 0 Å². The van der Waals surface area contributed by atoms with Crippen LogP contribution in [0.2, 0.25) is 0 Å². The number of hydrogen-bond acceptors (Lipinski definition) is 2. The molecule has 116 valence electrons. The number of rotatable bonds is 13. The van der Waals surface area contributed by atoms with Crippen molar-refractivity contribution in [3.8, 4) is 0 Å². The summed E-state index contributed by atoms with van der Waals surface area (Å²) in [5.41, 5.74) is 0. The van der Waals surface area contributed by atoms with Gasteiger partial charge >= 0.3 is 5.97 Å². The molecule has 0 aliphatic rings. The normalized spacial score (nSPS) is 11.5. The van der Waals surface area contributed by atoms with Gasteiger partial charge in [0, 0.05) is 6.92 Å². The lowest BCUT2D eigenvalue weighted by Crippen LogP contribution is -1.99. The third-order valence-electron chi connectivity index (χ3n) is 3.15. The van der Waals surface area contributed by atoms with Gasteiger partial charge in [-0.1, -0.05) is 56.9 Å². The van der Waals surface area contributed by atoms with E-state index >= 15 is 0 Å². The zero-order valence-corrected chi connectivity index (χ0v) is 13.4. The highest BCUT2D eigenvalue weighted by Crippen LogP contribution is 2.05. The van der Waals surface area contributed by atoms with Crippen molar-refractivity contribution in [2.45, 2.75) is 78.1 Å². The number of carbonyl (C=O) groups excluding carboxylic acids is 1. The fraction of sp³-hybridized carbons (Fsp3) is 0.722. The van der Waals surface area contributed by atoms with Gasteiger partial charge in [-0.25, -0.2) is 0 Å². The van der Waals surface area contributed by atoms with Crippen LogP contribution in [0.25, 0.3) is 0 Å². The largest absolute Gasteiger partial charge is 0.466 e. The molecular weight excluding hydrogens is 248 g/mol. The van der Waals surface area contributed by atoms with Gasteiger partial charge in [0.05, 0.1) is 6.61 Å². The monoisotopic (exact) mass is 280 g/mol. The van der Waals surface area contributed by atoms with E-state index in [-0.39, 0.29) is 5.97 Å². The Morgan fingerprint density at radius 3 is 2.05 bits per heavy atom. The molecule has 0 saturated carbocycles. The molecule has 0 amide bonds. The first-order valence-electron chi connectivity index (χ1n) is 8.20. The fourth-order valence-electron chi connectivity index (χ4n) is 1.95. The molecule has 0 N–H and O–H groups in total. The number of allylic oxidation sites excluding steroid dienone is 4. The van der Waals surface area contributed by atoms with Crippen LogP contribution in [-0.2, 0) is 9.53 Å². The van der Waals surface area contributed by atoms with Gasteiger partial charge < -0.3 is 4.74 Å². The third-order valence-corrected chi connectivity index (χ3v) is 3.15. The zero-order valence-electron chi connectivity index (χ0n) is 13.4. The Bertz CT molecular complexity index is 267. The number of hydrogen-bond donors (Lipinski definition) is 0. The SMILES string of the molecule is CCCCC/C=C\C/C=C\CCCCCCOC(C)=O. The molecule has 0 aliphatic carbocycles. The van der Waals surface area contributed by atoms with Crippen LogP contribution < -0.4 is 0 Å². The Labute approximate surface area is 125 Å². The minimum atomic E-state index is -0.171. The van der Waals surface area contributed by atoms with E-state index in [4.69, 9.17) is 4.74 Å². The molecule has 0 saturated heterocycles. The van der Waals surface area contributed by atoms with Crippen LogP contribution in [0.4, 0.5) is 0 Å². The minimum absolute atomic E-state index is 0.171. The van der Waals surface area contributed by atoms with Gasteiger partial charge in [-0.3, -0.25) is 4.79 Å². The molecule has 20 heavy (non-hydrogen) atoms. The van der Waals surface area contributed by atoms with Crippen LogP contribution >= 0.6 is 0 Å². The fourth-order valence-corrected chi connectivity index (χ4v) is 1.95. The van der Waals surface area contributed by atoms with Gasteiger partial charge in [0.25, 0.3) is 0 Å². The molecule has 0 bridgehead atoms. The van der Waals surface area contributed by atoms with Crippen LogP contribution in [0.15, 0.2) is 24.3 Å². The van der Waals surface area contributed by atoms with Gasteiger partial charge in [0.1, 0.15) is 0 Å². The predicted octanol–water partition coefficient (Wildman–Crippen LogP) is 5.58. The number of esters is 1. The maximum atomic E-state index is 10.5. The Kier molecular flexibility index (Phi) is 15.2. The van der Waals surface area contributed by atoms with E-state index in [0.29, 0.717) is 6.61 Å². The molecule has 0 aliphatic heterocycles. The van der Waals surface area contributed by atoms with Gasteiger partial charge in [-0.05, 0) is 38.5 Å². The molecule has 0 spiro atoms. The molecule has 0 radical (unpaired) electrons. The van der Waals surface area contributed by atoms with E-state index in [0.717, 1.165) is 25.7 Å². The highest BCUT2D eigenvalue weighted by molar-refractivity contribution is 5.65. The minimum Gasteiger partial charge on any atom is -0.466 e. The van der Waals surface area contributed by atoms with Crippen molar-refractivity contribution in [2.24, 2.45) is 0 Å². The lowest BCUT2D eigenvalue weighted by Gasteiger charge is -2.00. The van der Waals surface area contributed by atoms with Gasteiger partial charge in [-0.15, -0.1) is 0 Å². The highest BCUT2D eigenvalue weighted by Gasteiger charge is 1.92. The van der Waals surface area contributed by atoms with Crippen LogP contribution in [0.1, 0.15) is 78.1 Å². The van der Waals surface area contributed by atoms with Crippen molar-refractivity contribution in [3.63, 3.8) is 0 Å². The summed E-state index contributed by atoms with van der Waals surface area (Å²) in [4.78, 5) is 10.5. The van der Waals surface area contributed by atoms with E-state index in [2.05, 4.69) is 31.2 Å². The van der Waals surface area contributed by atoms with E-state index < -0.39 is 0 Å². The van der Waals surface area contributed by atoms with E-state index in [9.17, 15) is 4.79 Å². The molecule has 0 aromatic heterocycles. The molecule has 0 aromatic rings. The smallest absolute Gasteiger partial charge is 0.302 e. The van der Waals surface area contributed by atoms with E-state index in [1.54, 1.807) is 0 Å². The Morgan fingerprint density at radius 1 is 0.850 bits per heavy atom. The van der Waals surface area contributed by atoms with Crippen molar-refractivity contribution in [1.29, 1.82) is 0 Å². The van der Waals surface area contributed by atoms with Crippen molar-refractivity contribution in [2.75, 3.05) is 6.61 Å². The molecule has 0 fully saturated rings. The molecule has 0 aromatic carbocycles. The zero-order chi connectivity index (χ0) is 14.9. The lowest BCUT2D eigenvalue weighted by molar-refractivity contribution is -0.141. The van der Waals surface area contributed by atoms with Gasteiger partial charge in [0.2, 0.25) is 0 Å². The predicted molar refractivity (Wildman–Crippen MR) is 86.8 cm³/mol. The summed E-state index contributed by atoms with van der Waals surface area (Å²) in [6.07, 6.45) is 21.1. The summed E-state index contributed by atoms with van der Waals surface area (Å²) in [5.74, 6) is -0.171. The maximum absolute atomic E-state index is 10.5. The number of unbranched alkanes of at least 4 members (excludes halogenated alkanes) is 7. The maximum Gasteiger partial charge on any atom is 0.302 e. The van der Waals surface area contributed by atoms with Gasteiger partial charge in [-0.2, -0.15) is 0 Å². The first-order valence-corrected chi connectivity index (χ1v) is 8.20. The highest BCUT2D eigenvalue weighted by atomic mass is 16.5. The second kappa shape index (κ2) is 16.0. The molecule has 0 atom stereocenters. The molecule has 2 heteroatoms. The Balaban J connectivity index is 3.17. The first kappa shape index (κ1) is 18.9. The van der Waals surface area contributed by atoms with Crippen LogP contribution in [0, 0.1) is 0 Å². The topological polar surface area (TPSA) is 26.3 Å². The molecule has 2 nitrogen and oxygen atoms in total. The number of ether oxygens (including phenoxy) is 1. The van der Waals surface area contributed by atoms with Crippen LogP contribution in [0.3, 0.4) is 0 Å². The average molecular weight is 280 g/mol. The van der Waals surface area contributed by atoms with Crippen molar-refractivity contribution < 1.29 is 9.53 Å². The summed E-state index contributed by atoms with van der Waals surface area (Å²) in [7, 11) is 0. The van der Waals surface area contributed by atoms with E-state index in [1.807, 2.05) is 0 Å². The Hall–Kier alpha value is -1.05. The summed E-state index contributed by atoms with van der Waals surface area (Å²) in [6, 6.07) is 0. The van der Waals surface area contributed by atoms with Crippen molar-refractivity contribution >= 4 is 5.97 Å². The third kappa shape index (κ3) is 16.9. The summed E-state index contributed by atoms with van der Waals surface area (Å²) in [5, 5.41) is 0. The first-order chi connectivity index (χ1) is 9.77. The molecule has 0 unspecified atom stereocenters. The van der Waals surface area contributed by atoms with E-state index in [1.165, 1.54) is 45.4 Å². The molecular formula is C18H32O2. The summed E-state index contributed by atoms with van der Waals surface area (Å²) >= 11 is 0. The Morgan fingerprint density at radius 2 is 1.45 bits per heavy atom. The second-order valence-corrected chi connectivity index (χ2v) is 5.22. The second-order valence-electron chi connectivity index (χ2n) is 5.22. The van der Waals surface area contributed by atoms with Crippen LogP contribution in [0.5, 0.6) is 0 Å². The summed E-state index contributed by atoms with van der Waals surface area (Å²) in [6.45, 7) is 4.28. The van der Waals surface area contributed by atoms with Crippen LogP contribution in [-0.4, -0.2) is 12.6 Å². The average Bonchev–Trinajstić information content (AvgIpc) is 2.43. The lowest BCUT2D eigenvalue weighted by atomic mass is 10.1. The quantitative estimate of drug-likeness (QED) is 0.250. The summed E-state index contributed by atoms with van der Waals surface area (Å²) < 4.78 is 4.89. The standard InChI is InChI=1S/C18H32O2/c1-3-4-5-6-7-8-9-10-11-12-13-14-15-16-17-20-18(2)19/h7-8,10-11H,3-6,9,12-17H2,1-2H3/b8-7-,11-10-. The molecule has 0 heterocycles. The molecule has 0 rings (SSSR count). The van der Waals surface area contributed by atoms with Gasteiger partial charge in [0.15, 0.2) is 0 Å².